The van der Waals surface area contributed by atoms with Gasteiger partial charge in [-0.1, -0.05) is 0 Å². The van der Waals surface area contributed by atoms with E-state index in [0.717, 1.165) is 12.1 Å². The molecule has 0 aromatic heterocycles. The van der Waals surface area contributed by atoms with Gasteiger partial charge in [-0.05, 0) is 31.2 Å². The van der Waals surface area contributed by atoms with Crippen LogP contribution in [0.15, 0.2) is 36.4 Å². The first-order chi connectivity index (χ1) is 15.2. The van der Waals surface area contributed by atoms with E-state index in [1.807, 2.05) is 4.90 Å². The number of non-ortho nitro benzene ring substituents is 1. The van der Waals surface area contributed by atoms with Crippen molar-refractivity contribution in [3.63, 3.8) is 0 Å². The number of rotatable bonds is 6. The van der Waals surface area contributed by atoms with Gasteiger partial charge in [-0.15, -0.1) is 0 Å². The van der Waals surface area contributed by atoms with E-state index in [-0.39, 0.29) is 28.6 Å². The van der Waals surface area contributed by atoms with Crippen molar-refractivity contribution in [1.29, 1.82) is 0 Å². The number of nitro groups is 1. The number of nitrogens with one attached hydrogen (secondary N) is 1. The molecule has 1 unspecified atom stereocenters. The van der Waals surface area contributed by atoms with Crippen LogP contribution in [0, 0.1) is 21.7 Å². The van der Waals surface area contributed by atoms with Crippen LogP contribution in [0.4, 0.5) is 20.2 Å². The number of carbonyl (C=O) groups excluding carboxylic acids is 2. The van der Waals surface area contributed by atoms with E-state index in [9.17, 15) is 28.5 Å². The molecular formula is C21H22F2N4O5. The number of hydrogen-bond donors (Lipinski definition) is 1. The number of carbonyl (C=O) groups is 2. The molecule has 32 heavy (non-hydrogen) atoms. The highest BCUT2D eigenvalue weighted by Gasteiger charge is 2.29. The lowest BCUT2D eigenvalue weighted by Gasteiger charge is -2.37. The fraction of sp³-hybridized carbons (Fsp3) is 0.333. The van der Waals surface area contributed by atoms with Gasteiger partial charge < -0.3 is 15.0 Å². The number of halogens is 2. The smallest absolute Gasteiger partial charge is 0.271 e. The summed E-state index contributed by atoms with van der Waals surface area (Å²) >= 11 is 0. The average molecular weight is 448 g/mol. The fourth-order valence-corrected chi connectivity index (χ4v) is 3.43. The van der Waals surface area contributed by atoms with E-state index in [2.05, 4.69) is 5.32 Å². The molecule has 11 heteroatoms. The van der Waals surface area contributed by atoms with Gasteiger partial charge in [0.2, 0.25) is 5.91 Å². The molecule has 170 valence electrons. The first kappa shape index (κ1) is 23.1. The quantitative estimate of drug-likeness (QED) is 0.538. The number of benzene rings is 2. The van der Waals surface area contributed by atoms with Crippen LogP contribution in [0.1, 0.15) is 17.3 Å². The Morgan fingerprint density at radius 2 is 1.78 bits per heavy atom. The molecule has 1 N–H and O–H groups in total. The van der Waals surface area contributed by atoms with E-state index in [1.165, 1.54) is 36.3 Å². The lowest BCUT2D eigenvalue weighted by molar-refractivity contribution is -0.384. The summed E-state index contributed by atoms with van der Waals surface area (Å²) in [7, 11) is 1.39. The maximum atomic E-state index is 13.4. The molecule has 1 fully saturated rings. The molecule has 0 saturated carbocycles. The third-order valence-electron chi connectivity index (χ3n) is 5.35. The lowest BCUT2D eigenvalue weighted by atomic mass is 10.1. The molecule has 1 aliphatic rings. The zero-order valence-corrected chi connectivity index (χ0v) is 17.5. The predicted molar refractivity (Wildman–Crippen MR) is 112 cm³/mol. The first-order valence-electron chi connectivity index (χ1n) is 9.83. The second kappa shape index (κ2) is 9.69. The molecule has 2 aromatic rings. The number of amides is 2. The SMILES string of the molecule is COc1ccc([N+](=O)[O-])cc1NC(=O)C(C)N1CCN(C(=O)c2ccc(F)c(F)c2)CC1. The monoisotopic (exact) mass is 448 g/mol. The molecule has 0 spiro atoms. The highest BCUT2D eigenvalue weighted by Crippen LogP contribution is 2.29. The van der Waals surface area contributed by atoms with E-state index in [4.69, 9.17) is 4.74 Å². The Morgan fingerprint density at radius 3 is 2.38 bits per heavy atom. The third-order valence-corrected chi connectivity index (χ3v) is 5.35. The molecule has 1 aliphatic heterocycles. The predicted octanol–water partition coefficient (Wildman–Crippen LogP) is 2.67. The number of methoxy groups -OCH3 is 1. The summed E-state index contributed by atoms with van der Waals surface area (Å²) in [5.74, 6) is -2.62. The molecule has 1 saturated heterocycles. The van der Waals surface area contributed by atoms with Gasteiger partial charge >= 0.3 is 0 Å². The van der Waals surface area contributed by atoms with E-state index < -0.39 is 28.5 Å². The second-order valence-corrected chi connectivity index (χ2v) is 7.26. The molecule has 1 atom stereocenters. The highest BCUT2D eigenvalue weighted by atomic mass is 19.2. The number of nitrogens with zero attached hydrogens (tertiary/aromatic N) is 3. The minimum absolute atomic E-state index is 0.0564. The summed E-state index contributed by atoms with van der Waals surface area (Å²) in [5, 5.41) is 13.7. The van der Waals surface area contributed by atoms with Crippen LogP contribution in [0.25, 0.3) is 0 Å². The van der Waals surface area contributed by atoms with Crippen LogP contribution in [0.3, 0.4) is 0 Å². The maximum Gasteiger partial charge on any atom is 0.271 e. The van der Waals surface area contributed by atoms with Gasteiger partial charge in [0.1, 0.15) is 5.75 Å². The number of nitro benzene ring substituents is 1. The highest BCUT2D eigenvalue weighted by molar-refractivity contribution is 5.96. The first-order valence-corrected chi connectivity index (χ1v) is 9.83. The maximum absolute atomic E-state index is 13.4. The van der Waals surface area contributed by atoms with Gasteiger partial charge in [0, 0.05) is 43.9 Å². The zero-order chi connectivity index (χ0) is 23.4. The molecule has 3 rings (SSSR count). The van der Waals surface area contributed by atoms with Crippen LogP contribution in [-0.2, 0) is 4.79 Å². The number of ether oxygens (including phenoxy) is 1. The summed E-state index contributed by atoms with van der Waals surface area (Å²) in [6, 6.07) is 6.33. The van der Waals surface area contributed by atoms with Crippen LogP contribution >= 0.6 is 0 Å². The van der Waals surface area contributed by atoms with E-state index in [0.29, 0.717) is 26.2 Å². The molecule has 0 aliphatic carbocycles. The number of piperazine rings is 1. The summed E-state index contributed by atoms with van der Waals surface area (Å²) in [4.78, 5) is 39.1. The summed E-state index contributed by atoms with van der Waals surface area (Å²) < 4.78 is 31.7. The van der Waals surface area contributed by atoms with Crippen LogP contribution in [-0.4, -0.2) is 65.9 Å². The lowest BCUT2D eigenvalue weighted by Crippen LogP contribution is -2.54. The minimum atomic E-state index is -1.09. The number of anilines is 1. The Bertz CT molecular complexity index is 1040. The molecule has 0 radical (unpaired) electrons. The van der Waals surface area contributed by atoms with Crippen molar-refractivity contribution in [1.82, 2.24) is 9.80 Å². The zero-order valence-electron chi connectivity index (χ0n) is 17.5. The Kier molecular flexibility index (Phi) is 6.98. The Morgan fingerprint density at radius 1 is 1.09 bits per heavy atom. The van der Waals surface area contributed by atoms with Crippen molar-refractivity contribution in [3.8, 4) is 5.75 Å². The molecule has 2 amide bonds. The Hall–Kier alpha value is -3.60. The van der Waals surface area contributed by atoms with Crippen molar-refractivity contribution < 1.29 is 28.0 Å². The van der Waals surface area contributed by atoms with Gasteiger partial charge in [0.25, 0.3) is 11.6 Å². The average Bonchev–Trinajstić information content (AvgIpc) is 2.79. The van der Waals surface area contributed by atoms with Crippen molar-refractivity contribution in [2.75, 3.05) is 38.6 Å². The van der Waals surface area contributed by atoms with E-state index in [1.54, 1.807) is 6.92 Å². The summed E-state index contributed by atoms with van der Waals surface area (Å²) in [5.41, 5.74) is 0.0599. The van der Waals surface area contributed by atoms with Crippen molar-refractivity contribution in [2.45, 2.75) is 13.0 Å². The van der Waals surface area contributed by atoms with Crippen LogP contribution in [0.5, 0.6) is 5.75 Å². The second-order valence-electron chi connectivity index (χ2n) is 7.26. The van der Waals surface area contributed by atoms with Gasteiger partial charge in [-0.3, -0.25) is 24.6 Å². The van der Waals surface area contributed by atoms with Crippen molar-refractivity contribution in [2.24, 2.45) is 0 Å². The molecule has 1 heterocycles. The minimum Gasteiger partial charge on any atom is -0.495 e. The number of hydrogen-bond acceptors (Lipinski definition) is 6. The van der Waals surface area contributed by atoms with E-state index >= 15 is 0 Å². The van der Waals surface area contributed by atoms with Gasteiger partial charge in [0.15, 0.2) is 11.6 Å². The van der Waals surface area contributed by atoms with Gasteiger partial charge in [0.05, 0.1) is 23.8 Å². The largest absolute Gasteiger partial charge is 0.495 e. The van der Waals surface area contributed by atoms with Crippen LogP contribution in [0.2, 0.25) is 0 Å². The summed E-state index contributed by atoms with van der Waals surface area (Å²) in [6.45, 7) is 3.06. The molecule has 2 aromatic carbocycles. The van der Waals surface area contributed by atoms with Crippen LogP contribution < -0.4 is 10.1 Å². The molecular weight excluding hydrogens is 426 g/mol. The standard InChI is InChI=1S/C21H22F2N4O5/c1-13(20(28)24-18-12-15(27(30)31)4-6-19(18)32-2)25-7-9-26(10-8-25)21(29)14-3-5-16(22)17(23)11-14/h3-6,11-13H,7-10H2,1-2H3,(H,24,28). The molecule has 9 nitrogen and oxygen atoms in total. The Balaban J connectivity index is 1.61. The summed E-state index contributed by atoms with van der Waals surface area (Å²) in [6.07, 6.45) is 0. The normalized spacial score (nSPS) is 15.2. The third kappa shape index (κ3) is 4.99. The van der Waals surface area contributed by atoms with Crippen molar-refractivity contribution in [3.05, 3.63) is 63.7 Å². The topological polar surface area (TPSA) is 105 Å². The fourth-order valence-electron chi connectivity index (χ4n) is 3.43. The van der Waals surface area contributed by atoms with Gasteiger partial charge in [-0.25, -0.2) is 8.78 Å². The van der Waals surface area contributed by atoms with Crippen molar-refractivity contribution >= 4 is 23.2 Å². The Labute approximate surface area is 182 Å². The molecule has 0 bridgehead atoms. The van der Waals surface area contributed by atoms with Gasteiger partial charge in [-0.2, -0.15) is 0 Å².